The molecule has 0 aliphatic heterocycles. The van der Waals surface area contributed by atoms with E-state index < -0.39 is 12.7 Å². The lowest BCUT2D eigenvalue weighted by atomic mass is 10.1. The number of fused-ring (bicyclic) bond motifs is 1. The van der Waals surface area contributed by atoms with Crippen molar-refractivity contribution in [2.24, 2.45) is 0 Å². The lowest BCUT2D eigenvalue weighted by Gasteiger charge is -2.06. The Kier molecular flexibility index (Phi) is 5.52. The Balaban J connectivity index is 1.41. The Labute approximate surface area is 192 Å². The summed E-state index contributed by atoms with van der Waals surface area (Å²) < 4.78 is 42.5. The van der Waals surface area contributed by atoms with Crippen LogP contribution in [-0.2, 0) is 19.5 Å². The predicted molar refractivity (Wildman–Crippen MR) is 121 cm³/mol. The van der Waals surface area contributed by atoms with Gasteiger partial charge in [-0.15, -0.1) is 5.10 Å². The highest BCUT2D eigenvalue weighted by Gasteiger charge is 2.28. The van der Waals surface area contributed by atoms with Gasteiger partial charge >= 0.3 is 6.18 Å². The first kappa shape index (κ1) is 21.7. The summed E-state index contributed by atoms with van der Waals surface area (Å²) in [4.78, 5) is 4.24. The Hall–Kier alpha value is -4.15. The van der Waals surface area contributed by atoms with E-state index in [4.69, 9.17) is 5.73 Å². The average molecular weight is 466 g/mol. The molecule has 0 amide bonds. The van der Waals surface area contributed by atoms with Crippen molar-refractivity contribution in [1.29, 1.82) is 0 Å². The SMILES string of the molecule is Nc1nc2cc(-c3cnn(CCCc4ccccc4)c3)cc(-c3cnn(CC(F)(F)F)c3)n2n1. The van der Waals surface area contributed by atoms with Crippen LogP contribution in [0.25, 0.3) is 28.0 Å². The molecule has 0 atom stereocenters. The number of hydrogen-bond donors (Lipinski definition) is 1. The van der Waals surface area contributed by atoms with E-state index in [-0.39, 0.29) is 5.95 Å². The Bertz CT molecular complexity index is 1420. The molecule has 0 aliphatic carbocycles. The molecule has 0 saturated carbocycles. The molecule has 0 spiro atoms. The van der Waals surface area contributed by atoms with Crippen LogP contribution < -0.4 is 5.73 Å². The first-order chi connectivity index (χ1) is 16.3. The number of halogens is 3. The number of anilines is 1. The van der Waals surface area contributed by atoms with E-state index in [2.05, 4.69) is 32.4 Å². The topological polar surface area (TPSA) is 91.9 Å². The van der Waals surface area contributed by atoms with Crippen LogP contribution in [0.15, 0.2) is 67.3 Å². The fourth-order valence-corrected chi connectivity index (χ4v) is 3.86. The summed E-state index contributed by atoms with van der Waals surface area (Å²) >= 11 is 0. The Morgan fingerprint density at radius 3 is 2.41 bits per heavy atom. The highest BCUT2D eigenvalue weighted by Crippen LogP contribution is 2.29. The Morgan fingerprint density at radius 2 is 1.62 bits per heavy atom. The summed E-state index contributed by atoms with van der Waals surface area (Å²) in [5.74, 6) is 0.0673. The summed E-state index contributed by atoms with van der Waals surface area (Å²) in [6.07, 6.45) is 3.92. The molecule has 8 nitrogen and oxygen atoms in total. The highest BCUT2D eigenvalue weighted by molar-refractivity contribution is 5.74. The smallest absolute Gasteiger partial charge is 0.366 e. The molecule has 0 aliphatic rings. The maximum absolute atomic E-state index is 12.8. The molecule has 34 heavy (non-hydrogen) atoms. The zero-order valence-electron chi connectivity index (χ0n) is 18.0. The fraction of sp³-hybridized carbons (Fsp3) is 0.217. The lowest BCUT2D eigenvalue weighted by molar-refractivity contribution is -0.142. The number of aryl methyl sites for hydroxylation is 2. The molecule has 4 aromatic heterocycles. The quantitative estimate of drug-likeness (QED) is 0.388. The molecule has 0 fully saturated rings. The van der Waals surface area contributed by atoms with Crippen LogP contribution in [0, 0.1) is 0 Å². The lowest BCUT2D eigenvalue weighted by Crippen LogP contribution is -2.17. The van der Waals surface area contributed by atoms with Crippen LogP contribution in [0.5, 0.6) is 0 Å². The molecule has 4 heterocycles. The number of benzene rings is 1. The van der Waals surface area contributed by atoms with Gasteiger partial charge in [-0.05, 0) is 36.1 Å². The zero-order valence-corrected chi connectivity index (χ0v) is 18.0. The van der Waals surface area contributed by atoms with Crippen LogP contribution in [0.4, 0.5) is 19.1 Å². The van der Waals surface area contributed by atoms with Crippen molar-refractivity contribution in [3.63, 3.8) is 0 Å². The molecule has 5 aromatic rings. The van der Waals surface area contributed by atoms with Crippen LogP contribution in [-0.4, -0.2) is 40.3 Å². The van der Waals surface area contributed by atoms with Gasteiger partial charge in [0, 0.05) is 30.1 Å². The highest BCUT2D eigenvalue weighted by atomic mass is 19.4. The number of pyridine rings is 1. The monoisotopic (exact) mass is 466 g/mol. The second-order valence-corrected chi connectivity index (χ2v) is 7.99. The van der Waals surface area contributed by atoms with Crippen molar-refractivity contribution in [2.75, 3.05) is 5.73 Å². The van der Waals surface area contributed by atoms with Gasteiger partial charge in [-0.25, -0.2) is 4.52 Å². The largest absolute Gasteiger partial charge is 0.408 e. The molecular weight excluding hydrogens is 445 g/mol. The maximum atomic E-state index is 12.8. The van der Waals surface area contributed by atoms with E-state index in [9.17, 15) is 13.2 Å². The normalized spacial score (nSPS) is 12.0. The molecule has 0 bridgehead atoms. The number of aromatic nitrogens is 7. The van der Waals surface area contributed by atoms with Gasteiger partial charge in [0.15, 0.2) is 5.65 Å². The number of alkyl halides is 3. The first-order valence-corrected chi connectivity index (χ1v) is 10.7. The molecule has 5 rings (SSSR count). The summed E-state index contributed by atoms with van der Waals surface area (Å²) in [5, 5.41) is 12.5. The van der Waals surface area contributed by atoms with Crippen molar-refractivity contribution >= 4 is 11.6 Å². The first-order valence-electron chi connectivity index (χ1n) is 10.7. The molecule has 0 radical (unpaired) electrons. The van der Waals surface area contributed by atoms with Gasteiger partial charge in [0.05, 0.1) is 18.1 Å². The Morgan fingerprint density at radius 1 is 0.882 bits per heavy atom. The van der Waals surface area contributed by atoms with E-state index in [1.54, 1.807) is 6.20 Å². The second-order valence-electron chi connectivity index (χ2n) is 7.99. The van der Waals surface area contributed by atoms with Crippen LogP contribution in [0.1, 0.15) is 12.0 Å². The molecule has 11 heteroatoms. The molecule has 0 unspecified atom stereocenters. The standard InChI is InChI=1S/C23H21F3N8/c24-23(25,26)15-33-14-19(12-29-33)20-9-17(10-21-30-22(27)31-34(20)21)18-11-28-32(13-18)8-4-7-16-5-2-1-3-6-16/h1-3,5-6,9-14H,4,7-8,15H2,(H2,27,31). The minimum absolute atomic E-state index is 0.0673. The van der Waals surface area contributed by atoms with E-state index in [0.717, 1.165) is 35.2 Å². The zero-order chi connectivity index (χ0) is 23.7. The van der Waals surface area contributed by atoms with Crippen molar-refractivity contribution in [1.82, 2.24) is 34.2 Å². The van der Waals surface area contributed by atoms with Crippen molar-refractivity contribution in [3.8, 4) is 22.4 Å². The number of nitrogens with two attached hydrogens (primary N) is 1. The molecule has 1 aromatic carbocycles. The minimum atomic E-state index is -4.37. The molecule has 0 saturated heterocycles. The molecule has 174 valence electrons. The van der Waals surface area contributed by atoms with Gasteiger partial charge in [-0.3, -0.25) is 9.36 Å². The summed E-state index contributed by atoms with van der Waals surface area (Å²) in [6.45, 7) is -0.419. The molecular formula is C23H21F3N8. The number of nitrogen functional groups attached to an aromatic ring is 1. The third kappa shape index (κ3) is 4.77. The summed E-state index contributed by atoms with van der Waals surface area (Å²) in [5.41, 5.74) is 10.2. The summed E-state index contributed by atoms with van der Waals surface area (Å²) in [7, 11) is 0. The van der Waals surface area contributed by atoms with Gasteiger partial charge in [0.1, 0.15) is 6.54 Å². The van der Waals surface area contributed by atoms with Crippen molar-refractivity contribution in [3.05, 3.63) is 72.8 Å². The van der Waals surface area contributed by atoms with Crippen molar-refractivity contribution in [2.45, 2.75) is 32.1 Å². The summed E-state index contributed by atoms with van der Waals surface area (Å²) in [6, 6.07) is 13.9. The van der Waals surface area contributed by atoms with Gasteiger partial charge < -0.3 is 5.73 Å². The third-order valence-electron chi connectivity index (χ3n) is 5.39. The maximum Gasteiger partial charge on any atom is 0.408 e. The predicted octanol–water partition coefficient (Wildman–Crippen LogP) is 4.23. The van der Waals surface area contributed by atoms with Gasteiger partial charge in [-0.1, -0.05) is 30.3 Å². The fourth-order valence-electron chi connectivity index (χ4n) is 3.86. The second kappa shape index (κ2) is 8.65. The van der Waals surface area contributed by atoms with E-state index in [1.807, 2.05) is 41.2 Å². The van der Waals surface area contributed by atoms with E-state index in [1.165, 1.54) is 22.5 Å². The van der Waals surface area contributed by atoms with Crippen LogP contribution in [0.3, 0.4) is 0 Å². The number of nitrogens with zero attached hydrogens (tertiary/aromatic N) is 7. The van der Waals surface area contributed by atoms with Gasteiger partial charge in [0.2, 0.25) is 5.95 Å². The average Bonchev–Trinajstić information content (AvgIpc) is 3.52. The van der Waals surface area contributed by atoms with Crippen LogP contribution in [0.2, 0.25) is 0 Å². The van der Waals surface area contributed by atoms with Gasteiger partial charge in [0.25, 0.3) is 0 Å². The number of hydrogen-bond acceptors (Lipinski definition) is 5. The van der Waals surface area contributed by atoms with E-state index in [0.29, 0.717) is 16.9 Å². The van der Waals surface area contributed by atoms with E-state index >= 15 is 0 Å². The molecule has 2 N–H and O–H groups in total. The third-order valence-corrected chi connectivity index (χ3v) is 5.39. The van der Waals surface area contributed by atoms with Crippen molar-refractivity contribution < 1.29 is 13.2 Å². The van der Waals surface area contributed by atoms with Crippen LogP contribution >= 0.6 is 0 Å². The number of rotatable bonds is 7. The minimum Gasteiger partial charge on any atom is -0.366 e. The van der Waals surface area contributed by atoms with Gasteiger partial charge in [-0.2, -0.15) is 28.4 Å².